The average Bonchev–Trinajstić information content (AvgIpc) is 3.94. The summed E-state index contributed by atoms with van der Waals surface area (Å²) in [4.78, 5) is 75.8. The summed E-state index contributed by atoms with van der Waals surface area (Å²) >= 11 is 1.56. The number of nitrogens with zero attached hydrogens (tertiary/aromatic N) is 5. The number of imide groups is 1. The summed E-state index contributed by atoms with van der Waals surface area (Å²) in [5, 5.41) is 22.4. The molecule has 3 heterocycles. The van der Waals surface area contributed by atoms with E-state index in [0.29, 0.717) is 23.1 Å². The number of aromatic nitrogens is 1. The number of Topliss-reactive ketones (excluding diaryl/α,β-unsaturated/α-hetero) is 1. The minimum Gasteiger partial charge on any atom is -0.481 e. The molecule has 0 saturated carbocycles. The van der Waals surface area contributed by atoms with E-state index in [1.165, 1.54) is 49.1 Å². The zero-order valence-corrected chi connectivity index (χ0v) is 38.3. The number of carbonyl (C=O) groups is 5. The first-order valence-corrected chi connectivity index (χ1v) is 21.9. The van der Waals surface area contributed by atoms with Gasteiger partial charge in [-0.1, -0.05) is 45.0 Å². The molecule has 2 aliphatic rings. The molecule has 67 heavy (non-hydrogen) atoms. The molecule has 0 spiro atoms. The number of aliphatic hydroxyl groups excluding tert-OH is 1. The van der Waals surface area contributed by atoms with Crippen molar-refractivity contribution in [1.29, 1.82) is 5.26 Å². The predicted octanol–water partition coefficient (Wildman–Crippen LogP) is 6.82. The number of urea groups is 1. The van der Waals surface area contributed by atoms with Crippen LogP contribution < -0.4 is 19.9 Å². The van der Waals surface area contributed by atoms with Crippen molar-refractivity contribution in [3.63, 3.8) is 0 Å². The van der Waals surface area contributed by atoms with Gasteiger partial charge in [0.2, 0.25) is 5.91 Å². The van der Waals surface area contributed by atoms with Gasteiger partial charge in [0.05, 0.1) is 51.1 Å². The molecule has 6 rings (SSSR count). The first-order valence-electron chi connectivity index (χ1n) is 21.0. The van der Waals surface area contributed by atoms with Crippen molar-refractivity contribution in [2.45, 2.75) is 90.7 Å². The molecule has 18 heteroatoms. The predicted molar refractivity (Wildman–Crippen MR) is 242 cm³/mol. The molecule has 14 nitrogen and oxygen atoms in total. The molecule has 1 aromatic heterocycles. The van der Waals surface area contributed by atoms with Crippen LogP contribution in [0.3, 0.4) is 0 Å². The molecule has 2 saturated heterocycles. The summed E-state index contributed by atoms with van der Waals surface area (Å²) in [6.45, 7) is 9.49. The molecule has 0 unspecified atom stereocenters. The molecule has 348 valence electrons. The highest BCUT2D eigenvalue weighted by Gasteiger charge is 2.53. The van der Waals surface area contributed by atoms with Crippen LogP contribution in [0.1, 0.15) is 69.8 Å². The van der Waals surface area contributed by atoms with E-state index >= 15 is 0 Å². The van der Waals surface area contributed by atoms with Crippen molar-refractivity contribution < 1.29 is 51.7 Å². The lowest BCUT2D eigenvalue weighted by molar-refractivity contribution is -0.143. The molecule has 4 aromatic rings. The Hall–Kier alpha value is -7.20. The zero-order chi connectivity index (χ0) is 48.8. The van der Waals surface area contributed by atoms with Crippen LogP contribution in [0.2, 0.25) is 0 Å². The maximum Gasteiger partial charge on any atom is 0.417 e. The molecular formula is C49H47F3N6O8S. The van der Waals surface area contributed by atoms with Gasteiger partial charge in [0.15, 0.2) is 12.4 Å². The second-order valence-corrected chi connectivity index (χ2v) is 18.3. The van der Waals surface area contributed by atoms with Crippen LogP contribution in [0.25, 0.3) is 10.4 Å². The number of β-amino-alcohol motifs (C(OH)–C–C–N with tert-alkyl or cyclic N) is 1. The number of nitriles is 1. The molecule has 0 aliphatic carbocycles. The Kier molecular flexibility index (Phi) is 14.8. The van der Waals surface area contributed by atoms with Gasteiger partial charge >= 0.3 is 12.2 Å². The first kappa shape index (κ1) is 49.2. The van der Waals surface area contributed by atoms with Crippen LogP contribution in [-0.4, -0.2) is 88.0 Å². The normalized spacial score (nSPS) is 17.2. The first-order chi connectivity index (χ1) is 31.6. The number of amides is 5. The van der Waals surface area contributed by atoms with E-state index in [9.17, 15) is 42.3 Å². The monoisotopic (exact) mass is 936 g/mol. The summed E-state index contributed by atoms with van der Waals surface area (Å²) in [6, 6.07) is 15.3. The third-order valence-corrected chi connectivity index (χ3v) is 12.2. The summed E-state index contributed by atoms with van der Waals surface area (Å²) in [6.07, 6.45) is -2.75. The number of aryl methyl sites for hydroxylation is 2. The third kappa shape index (κ3) is 11.3. The minimum atomic E-state index is -4.89. The van der Waals surface area contributed by atoms with Crippen LogP contribution in [0.5, 0.6) is 5.75 Å². The lowest BCUT2D eigenvalue weighted by Crippen LogP contribution is -2.57. The van der Waals surface area contributed by atoms with E-state index < -0.39 is 76.8 Å². The number of anilines is 2. The SMILES string of the molecule is Cc1ncsc1-c1ccc(CCC(=O)[C@@H]2C[C@@H](O)CN2C(=O)[C@@H](NC(=O)COC#CC#CCOc2ccc(N3C(=O)N(c4ccc(C#N)c(C(F)(F)F)c4)C(=O)C3(C)C)cc2)C(C)(C)C)cc1. The zero-order valence-electron chi connectivity index (χ0n) is 37.5. The van der Waals surface area contributed by atoms with Crippen molar-refractivity contribution in [2.75, 3.05) is 29.6 Å². The second kappa shape index (κ2) is 20.1. The van der Waals surface area contributed by atoms with Crippen LogP contribution >= 0.6 is 11.3 Å². The Bertz CT molecular complexity index is 2720. The molecule has 2 N–H and O–H groups in total. The van der Waals surface area contributed by atoms with E-state index in [-0.39, 0.29) is 43.2 Å². The molecule has 2 fully saturated rings. The largest absolute Gasteiger partial charge is 0.481 e. The summed E-state index contributed by atoms with van der Waals surface area (Å²) in [7, 11) is 0. The van der Waals surface area contributed by atoms with Crippen molar-refractivity contribution in [3.05, 3.63) is 94.6 Å². The van der Waals surface area contributed by atoms with Crippen LogP contribution in [-0.2, 0) is 36.5 Å². The summed E-state index contributed by atoms with van der Waals surface area (Å²) in [5.41, 5.74) is 0.518. The molecular weight excluding hydrogens is 890 g/mol. The lowest BCUT2D eigenvalue weighted by atomic mass is 9.85. The fraction of sp³-hybridized carbons (Fsp3) is 0.367. The Labute approximate surface area is 389 Å². The number of thiazole rings is 1. The van der Waals surface area contributed by atoms with E-state index in [1.54, 1.807) is 37.6 Å². The van der Waals surface area contributed by atoms with E-state index in [1.807, 2.05) is 31.2 Å². The number of nitrogens with one attached hydrogen (secondary N) is 1. The van der Waals surface area contributed by atoms with Gasteiger partial charge in [-0.3, -0.25) is 24.1 Å². The molecule has 0 radical (unpaired) electrons. The van der Waals surface area contributed by atoms with E-state index in [2.05, 4.69) is 34.2 Å². The highest BCUT2D eigenvalue weighted by Crippen LogP contribution is 2.40. The number of hydrogen-bond acceptors (Lipinski definition) is 11. The molecule has 0 bridgehead atoms. The van der Waals surface area contributed by atoms with Gasteiger partial charge in [-0.25, -0.2) is 14.7 Å². The standard InChI is InChI=1S/C49H47F3N6O8S/c1-30-42(67-29-54-30)32-13-10-31(11-14-32)12-21-40(60)39-25-36(59)27-56(39)44(62)43(47(2,3)4)55-41(61)28-65-22-8-7-9-23-66-37-19-17-34(18-20-37)58-46(64)57(45(63)48(58,5)6)35-16-15-33(26-53)38(24-35)49(50,51)52/h10-11,13-20,24,29,36,39,43,59H,12,21,23,25,27-28H2,1-6H3,(H,55,61)/t36-,39+,43-/m1/s1. The number of likely N-dealkylation sites (tertiary alicyclic amines) is 1. The van der Waals surface area contributed by atoms with Gasteiger partial charge in [-0.05, 0) is 98.0 Å². The Morgan fingerprint density at radius 1 is 1.01 bits per heavy atom. The molecule has 2 aliphatic heterocycles. The number of aliphatic hydroxyl groups is 1. The van der Waals surface area contributed by atoms with E-state index in [4.69, 9.17) is 14.7 Å². The number of hydrogen-bond donors (Lipinski definition) is 2. The molecule has 3 atom stereocenters. The summed E-state index contributed by atoms with van der Waals surface area (Å²) in [5.74, 6) is 5.88. The Morgan fingerprint density at radius 3 is 2.33 bits per heavy atom. The Morgan fingerprint density at radius 2 is 1.70 bits per heavy atom. The van der Waals surface area contributed by atoms with E-state index in [0.717, 1.165) is 38.7 Å². The number of ether oxygens (including phenoxy) is 2. The maximum absolute atomic E-state index is 13.9. The fourth-order valence-corrected chi connectivity index (χ4v) is 8.54. The number of carbonyl (C=O) groups excluding carboxylic acids is 5. The van der Waals surface area contributed by atoms with Gasteiger partial charge in [0.1, 0.15) is 30.0 Å². The van der Waals surface area contributed by atoms with Gasteiger partial charge in [0, 0.05) is 31.0 Å². The Balaban J connectivity index is 0.976. The third-order valence-electron chi connectivity index (χ3n) is 11.2. The maximum atomic E-state index is 13.9. The van der Waals surface area contributed by atoms with Crippen LogP contribution in [0.15, 0.2) is 72.2 Å². The van der Waals surface area contributed by atoms with Crippen molar-refractivity contribution in [2.24, 2.45) is 5.41 Å². The van der Waals surface area contributed by atoms with Crippen LogP contribution in [0, 0.1) is 47.5 Å². The van der Waals surface area contributed by atoms with Gasteiger partial charge in [-0.15, -0.1) is 11.3 Å². The van der Waals surface area contributed by atoms with Gasteiger partial charge in [0.25, 0.3) is 11.8 Å². The van der Waals surface area contributed by atoms with Crippen molar-refractivity contribution in [1.82, 2.24) is 15.2 Å². The second-order valence-electron chi connectivity index (χ2n) is 17.4. The lowest BCUT2D eigenvalue weighted by Gasteiger charge is -2.35. The van der Waals surface area contributed by atoms with Gasteiger partial charge in [-0.2, -0.15) is 18.4 Å². The quantitative estimate of drug-likeness (QED) is 0.107. The molecule has 5 amide bonds. The number of benzene rings is 3. The average molecular weight is 937 g/mol. The number of halogens is 3. The van der Waals surface area contributed by atoms with Crippen molar-refractivity contribution in [3.8, 4) is 46.1 Å². The highest BCUT2D eigenvalue weighted by atomic mass is 32.1. The fourth-order valence-electron chi connectivity index (χ4n) is 7.73. The number of rotatable bonds is 13. The van der Waals surface area contributed by atoms with Crippen molar-refractivity contribution >= 4 is 52.2 Å². The number of ketones is 1. The number of alkyl halides is 3. The van der Waals surface area contributed by atoms with Gasteiger partial charge < -0.3 is 24.8 Å². The highest BCUT2D eigenvalue weighted by molar-refractivity contribution is 7.13. The summed E-state index contributed by atoms with van der Waals surface area (Å²) < 4.78 is 51.7. The smallest absolute Gasteiger partial charge is 0.417 e. The van der Waals surface area contributed by atoms with Crippen LogP contribution in [0.4, 0.5) is 29.3 Å². The topological polar surface area (TPSA) is 182 Å². The molecule has 3 aromatic carbocycles. The minimum absolute atomic E-state index is 0.0445.